The molecule has 7 nitrogen and oxygen atoms in total. The van der Waals surface area contributed by atoms with E-state index >= 15 is 0 Å². The average molecular weight is 330 g/mol. The van der Waals surface area contributed by atoms with Crippen LogP contribution in [0.4, 0.5) is 0 Å². The first-order chi connectivity index (χ1) is 11.6. The molecule has 0 unspecified atom stereocenters. The summed E-state index contributed by atoms with van der Waals surface area (Å²) in [5, 5.41) is 2.91. The molecule has 3 rings (SSSR count). The van der Waals surface area contributed by atoms with Gasteiger partial charge in [0.25, 0.3) is 11.8 Å². The number of nitrogens with one attached hydrogen (secondary N) is 1. The lowest BCUT2D eigenvalue weighted by atomic mass is 10.0. The summed E-state index contributed by atoms with van der Waals surface area (Å²) in [6, 6.07) is 6.23. The number of carbonyl (C=O) groups is 4. The largest absolute Gasteiger partial charge is 0.352 e. The molecule has 0 bridgehead atoms. The van der Waals surface area contributed by atoms with Gasteiger partial charge in [0.05, 0.1) is 11.1 Å². The van der Waals surface area contributed by atoms with Gasteiger partial charge in [-0.05, 0) is 30.9 Å². The van der Waals surface area contributed by atoms with Gasteiger partial charge in [0, 0.05) is 6.42 Å². The van der Waals surface area contributed by atoms with Gasteiger partial charge in [-0.15, -0.1) is 0 Å². The minimum absolute atomic E-state index is 0.195. The van der Waals surface area contributed by atoms with Crippen LogP contribution in [0.2, 0.25) is 0 Å². The molecule has 0 saturated heterocycles. The van der Waals surface area contributed by atoms with Crippen LogP contribution in [-0.2, 0) is 14.4 Å². The zero-order valence-corrected chi connectivity index (χ0v) is 13.1. The number of rotatable bonds is 5. The smallest absolute Gasteiger partial charge is 0.345 e. The molecule has 0 atom stereocenters. The van der Waals surface area contributed by atoms with E-state index in [9.17, 15) is 19.2 Å². The van der Waals surface area contributed by atoms with Gasteiger partial charge in [-0.3, -0.25) is 14.4 Å². The van der Waals surface area contributed by atoms with Crippen LogP contribution in [0.3, 0.4) is 0 Å². The van der Waals surface area contributed by atoms with Gasteiger partial charge < -0.3 is 10.2 Å². The van der Waals surface area contributed by atoms with Crippen molar-refractivity contribution in [1.29, 1.82) is 0 Å². The van der Waals surface area contributed by atoms with Gasteiger partial charge in [0.15, 0.2) is 0 Å². The van der Waals surface area contributed by atoms with Crippen molar-refractivity contribution in [2.75, 3.05) is 6.54 Å². The molecular formula is C17H18N2O5. The van der Waals surface area contributed by atoms with E-state index in [1.165, 1.54) is 12.1 Å². The maximum atomic E-state index is 12.1. The van der Waals surface area contributed by atoms with Crippen LogP contribution in [0, 0.1) is 5.92 Å². The summed E-state index contributed by atoms with van der Waals surface area (Å²) in [6.45, 7) is -0.376. The highest BCUT2D eigenvalue weighted by Gasteiger charge is 2.38. The Labute approximate surface area is 138 Å². The van der Waals surface area contributed by atoms with Gasteiger partial charge in [0.1, 0.15) is 6.54 Å². The van der Waals surface area contributed by atoms with Crippen molar-refractivity contribution in [1.82, 2.24) is 10.4 Å². The summed E-state index contributed by atoms with van der Waals surface area (Å²) in [6.07, 6.45) is 4.74. The lowest BCUT2D eigenvalue weighted by molar-refractivity contribution is -0.167. The Morgan fingerprint density at radius 2 is 1.67 bits per heavy atom. The van der Waals surface area contributed by atoms with Crippen molar-refractivity contribution in [2.24, 2.45) is 5.92 Å². The van der Waals surface area contributed by atoms with Crippen molar-refractivity contribution in [2.45, 2.75) is 32.1 Å². The molecule has 24 heavy (non-hydrogen) atoms. The van der Waals surface area contributed by atoms with Crippen molar-refractivity contribution in [3.8, 4) is 0 Å². The third kappa shape index (κ3) is 3.29. The predicted molar refractivity (Wildman–Crippen MR) is 82.6 cm³/mol. The SMILES string of the molecule is O=C(CC1CCCC1)NCC(=O)ON1C(=O)c2ccccc2C1=O. The van der Waals surface area contributed by atoms with Crippen LogP contribution in [0.25, 0.3) is 0 Å². The first-order valence-electron chi connectivity index (χ1n) is 8.01. The molecule has 1 aliphatic carbocycles. The van der Waals surface area contributed by atoms with Gasteiger partial charge in [-0.2, -0.15) is 0 Å². The number of fused-ring (bicyclic) bond motifs is 1. The molecule has 1 aromatic rings. The fraction of sp³-hybridized carbons (Fsp3) is 0.412. The molecule has 0 spiro atoms. The highest BCUT2D eigenvalue weighted by atomic mass is 16.7. The Hall–Kier alpha value is -2.70. The lowest BCUT2D eigenvalue weighted by Gasteiger charge is -2.13. The molecule has 1 heterocycles. The molecular weight excluding hydrogens is 312 g/mol. The zero-order valence-electron chi connectivity index (χ0n) is 13.1. The van der Waals surface area contributed by atoms with Crippen molar-refractivity contribution in [3.05, 3.63) is 35.4 Å². The van der Waals surface area contributed by atoms with Crippen molar-refractivity contribution in [3.63, 3.8) is 0 Å². The molecule has 1 saturated carbocycles. The van der Waals surface area contributed by atoms with Crippen LogP contribution >= 0.6 is 0 Å². The number of imide groups is 1. The minimum atomic E-state index is -0.857. The van der Waals surface area contributed by atoms with E-state index in [4.69, 9.17) is 4.84 Å². The Morgan fingerprint density at radius 3 is 2.25 bits per heavy atom. The first kappa shape index (κ1) is 16.2. The van der Waals surface area contributed by atoms with E-state index in [1.54, 1.807) is 12.1 Å². The van der Waals surface area contributed by atoms with Crippen molar-refractivity contribution < 1.29 is 24.0 Å². The summed E-state index contributed by atoms with van der Waals surface area (Å²) in [5.41, 5.74) is 0.390. The summed E-state index contributed by atoms with van der Waals surface area (Å²) < 4.78 is 0. The molecule has 1 aromatic carbocycles. The highest BCUT2D eigenvalue weighted by Crippen LogP contribution is 2.27. The molecule has 1 fully saturated rings. The number of nitrogens with zero attached hydrogens (tertiary/aromatic N) is 1. The van der Waals surface area contributed by atoms with E-state index in [0.29, 0.717) is 17.4 Å². The number of amides is 3. The second-order valence-corrected chi connectivity index (χ2v) is 6.04. The summed E-state index contributed by atoms with van der Waals surface area (Å²) in [4.78, 5) is 52.5. The Kier molecular flexibility index (Phi) is 4.59. The van der Waals surface area contributed by atoms with Crippen LogP contribution < -0.4 is 5.32 Å². The lowest BCUT2D eigenvalue weighted by Crippen LogP contribution is -2.38. The van der Waals surface area contributed by atoms with Crippen LogP contribution in [0.1, 0.15) is 52.8 Å². The van der Waals surface area contributed by atoms with E-state index < -0.39 is 17.8 Å². The van der Waals surface area contributed by atoms with E-state index in [0.717, 1.165) is 25.7 Å². The standard InChI is InChI=1S/C17H18N2O5/c20-14(9-11-5-1-2-6-11)18-10-15(21)24-19-16(22)12-7-3-4-8-13(12)17(19)23/h3-4,7-8,11H,1-2,5-6,9-10H2,(H,18,20). The molecule has 2 aliphatic rings. The van der Waals surface area contributed by atoms with Crippen LogP contribution in [0.15, 0.2) is 24.3 Å². The number of carbonyl (C=O) groups excluding carboxylic acids is 4. The zero-order chi connectivity index (χ0) is 17.1. The topological polar surface area (TPSA) is 92.8 Å². The van der Waals surface area contributed by atoms with Gasteiger partial charge >= 0.3 is 5.97 Å². The Morgan fingerprint density at radius 1 is 1.08 bits per heavy atom. The maximum absolute atomic E-state index is 12.1. The van der Waals surface area contributed by atoms with Gasteiger partial charge in [0.2, 0.25) is 5.91 Å². The van der Waals surface area contributed by atoms with Crippen LogP contribution in [-0.4, -0.2) is 35.3 Å². The Bertz CT molecular complexity index is 659. The number of hydrogen-bond donors (Lipinski definition) is 1. The fourth-order valence-electron chi connectivity index (χ4n) is 3.10. The fourth-order valence-corrected chi connectivity index (χ4v) is 3.10. The summed E-state index contributed by atoms with van der Waals surface area (Å²) >= 11 is 0. The second-order valence-electron chi connectivity index (χ2n) is 6.04. The minimum Gasteiger partial charge on any atom is -0.345 e. The average Bonchev–Trinajstić information content (AvgIpc) is 3.16. The van der Waals surface area contributed by atoms with Crippen molar-refractivity contribution >= 4 is 23.7 Å². The van der Waals surface area contributed by atoms with E-state index in [-0.39, 0.29) is 23.6 Å². The molecule has 1 N–H and O–H groups in total. The monoisotopic (exact) mass is 330 g/mol. The quantitative estimate of drug-likeness (QED) is 0.825. The molecule has 126 valence electrons. The number of benzene rings is 1. The second kappa shape index (κ2) is 6.82. The maximum Gasteiger partial charge on any atom is 0.352 e. The van der Waals surface area contributed by atoms with Gasteiger partial charge in [-0.25, -0.2) is 4.79 Å². The number of hydrogen-bond acceptors (Lipinski definition) is 5. The van der Waals surface area contributed by atoms with Gasteiger partial charge in [-0.1, -0.05) is 30.0 Å². The van der Waals surface area contributed by atoms with Crippen LogP contribution in [0.5, 0.6) is 0 Å². The van der Waals surface area contributed by atoms with E-state index in [2.05, 4.69) is 5.32 Å². The van der Waals surface area contributed by atoms with E-state index in [1.807, 2.05) is 0 Å². The first-order valence-corrected chi connectivity index (χ1v) is 8.01. The number of hydroxylamine groups is 2. The predicted octanol–water partition coefficient (Wildman–Crippen LogP) is 1.44. The Balaban J connectivity index is 1.50. The highest BCUT2D eigenvalue weighted by molar-refractivity contribution is 6.20. The summed E-state index contributed by atoms with van der Waals surface area (Å²) in [7, 11) is 0. The molecule has 7 heteroatoms. The third-order valence-corrected chi connectivity index (χ3v) is 4.33. The molecule has 1 aliphatic heterocycles. The molecule has 0 aromatic heterocycles. The molecule has 3 amide bonds. The molecule has 0 radical (unpaired) electrons. The normalized spacial score (nSPS) is 17.1. The summed E-state index contributed by atoms with van der Waals surface area (Å²) in [5.74, 6) is -2.06. The third-order valence-electron chi connectivity index (χ3n) is 4.33.